The Morgan fingerprint density at radius 1 is 1.00 bits per heavy atom. The molecule has 0 saturated heterocycles. The third-order valence-corrected chi connectivity index (χ3v) is 4.53. The largest absolute Gasteiger partial charge is 0.497 e. The zero-order chi connectivity index (χ0) is 23.6. The van der Waals surface area contributed by atoms with Gasteiger partial charge in [-0.1, -0.05) is 0 Å². The average Bonchev–Trinajstić information content (AvgIpc) is 2.81. The maximum Gasteiger partial charge on any atom is 0.250 e. The van der Waals surface area contributed by atoms with Crippen LogP contribution in [0, 0.1) is 0 Å². The second-order valence-electron chi connectivity index (χ2n) is 6.89. The number of amides is 1. The molecule has 0 aliphatic carbocycles. The van der Waals surface area contributed by atoms with Gasteiger partial charge in [0.05, 0.1) is 38.8 Å². The smallest absolute Gasteiger partial charge is 0.250 e. The topological polar surface area (TPSA) is 130 Å². The molecule has 33 heavy (non-hydrogen) atoms. The van der Waals surface area contributed by atoms with Crippen LogP contribution in [-0.2, 0) is 14.3 Å². The van der Waals surface area contributed by atoms with Crippen LogP contribution in [0.3, 0.4) is 0 Å². The van der Waals surface area contributed by atoms with Crippen molar-refractivity contribution in [3.8, 4) is 22.8 Å². The number of nitrogen functional groups attached to an aromatic ring is 1. The molecule has 0 atom stereocenters. The molecule has 0 saturated carbocycles. The number of carbonyl (C=O) groups is 1. The van der Waals surface area contributed by atoms with Gasteiger partial charge in [0.2, 0.25) is 11.9 Å². The van der Waals surface area contributed by atoms with E-state index in [-0.39, 0.29) is 12.5 Å². The van der Waals surface area contributed by atoms with E-state index in [1.165, 1.54) is 0 Å². The molecule has 3 rings (SSSR count). The Kier molecular flexibility index (Phi) is 8.39. The molecule has 0 aliphatic rings. The van der Waals surface area contributed by atoms with E-state index in [2.05, 4.69) is 20.6 Å². The fourth-order valence-corrected chi connectivity index (χ4v) is 2.97. The van der Waals surface area contributed by atoms with Gasteiger partial charge in [0.25, 0.3) is 0 Å². The van der Waals surface area contributed by atoms with E-state index >= 15 is 0 Å². The molecule has 0 bridgehead atoms. The lowest BCUT2D eigenvalue weighted by atomic mass is 10.1. The van der Waals surface area contributed by atoms with Crippen LogP contribution in [0.15, 0.2) is 48.7 Å². The van der Waals surface area contributed by atoms with Crippen LogP contribution >= 0.6 is 0 Å². The summed E-state index contributed by atoms with van der Waals surface area (Å²) >= 11 is 0. The van der Waals surface area contributed by atoms with Crippen molar-refractivity contribution in [2.45, 2.75) is 0 Å². The lowest BCUT2D eigenvalue weighted by Gasteiger charge is -2.12. The molecule has 1 aromatic heterocycles. The number of carbonyl (C=O) groups excluding carboxylic acids is 1. The van der Waals surface area contributed by atoms with Crippen molar-refractivity contribution in [1.29, 1.82) is 0 Å². The van der Waals surface area contributed by atoms with Crippen molar-refractivity contribution in [3.63, 3.8) is 0 Å². The van der Waals surface area contributed by atoms with Crippen LogP contribution in [0.4, 0.5) is 23.0 Å². The predicted molar refractivity (Wildman–Crippen MR) is 126 cm³/mol. The first-order valence-corrected chi connectivity index (χ1v) is 10.1. The highest BCUT2D eigenvalue weighted by Gasteiger charge is 2.09. The SMILES string of the molecule is COCCOCC(=O)Nc1cc(Nc2nccc(-c3ccc(OC)c(N)c3)n2)cc(OC)c1. The van der Waals surface area contributed by atoms with Crippen LogP contribution in [-0.4, -0.2) is 57.0 Å². The summed E-state index contributed by atoms with van der Waals surface area (Å²) in [4.78, 5) is 21.0. The minimum atomic E-state index is -0.291. The Labute approximate surface area is 192 Å². The third-order valence-electron chi connectivity index (χ3n) is 4.53. The van der Waals surface area contributed by atoms with Crippen LogP contribution in [0.2, 0.25) is 0 Å². The summed E-state index contributed by atoms with van der Waals surface area (Å²) in [6.45, 7) is 0.671. The summed E-state index contributed by atoms with van der Waals surface area (Å²) in [5.41, 5.74) is 9.22. The molecule has 1 heterocycles. The van der Waals surface area contributed by atoms with Crippen molar-refractivity contribution in [3.05, 3.63) is 48.7 Å². The zero-order valence-electron chi connectivity index (χ0n) is 18.8. The van der Waals surface area contributed by atoms with Gasteiger partial charge in [0, 0.05) is 42.4 Å². The van der Waals surface area contributed by atoms with Gasteiger partial charge in [-0.2, -0.15) is 0 Å². The van der Waals surface area contributed by atoms with Gasteiger partial charge in [0.1, 0.15) is 18.1 Å². The number of nitrogens with zero attached hydrogens (tertiary/aromatic N) is 2. The molecule has 10 heteroatoms. The van der Waals surface area contributed by atoms with Crippen molar-refractivity contribution in [2.75, 3.05) is 57.5 Å². The minimum Gasteiger partial charge on any atom is -0.497 e. The fourth-order valence-electron chi connectivity index (χ4n) is 2.97. The normalized spacial score (nSPS) is 10.5. The van der Waals surface area contributed by atoms with Gasteiger partial charge in [-0.25, -0.2) is 9.97 Å². The first-order chi connectivity index (χ1) is 16.0. The number of anilines is 4. The quantitative estimate of drug-likeness (QED) is 0.296. The van der Waals surface area contributed by atoms with E-state index < -0.39 is 0 Å². The minimum absolute atomic E-state index is 0.0838. The van der Waals surface area contributed by atoms with Crippen molar-refractivity contribution in [1.82, 2.24) is 9.97 Å². The molecule has 4 N–H and O–H groups in total. The summed E-state index contributed by atoms with van der Waals surface area (Å²) in [5, 5.41) is 5.92. The lowest BCUT2D eigenvalue weighted by molar-refractivity contribution is -0.121. The maximum atomic E-state index is 12.1. The summed E-state index contributed by atoms with van der Waals surface area (Å²) in [7, 11) is 4.68. The first-order valence-electron chi connectivity index (χ1n) is 10.1. The van der Waals surface area contributed by atoms with Gasteiger partial charge < -0.3 is 35.3 Å². The number of rotatable bonds is 11. The molecule has 1 amide bonds. The predicted octanol–water partition coefficient (Wildman–Crippen LogP) is 3.09. The number of nitrogens with one attached hydrogen (secondary N) is 2. The number of aromatic nitrogens is 2. The molecule has 10 nitrogen and oxygen atoms in total. The highest BCUT2D eigenvalue weighted by molar-refractivity contribution is 5.92. The van der Waals surface area contributed by atoms with Crippen molar-refractivity contribution >= 4 is 28.9 Å². The van der Waals surface area contributed by atoms with Gasteiger partial charge in [-0.3, -0.25) is 4.79 Å². The number of hydrogen-bond acceptors (Lipinski definition) is 9. The average molecular weight is 453 g/mol. The van der Waals surface area contributed by atoms with Crippen LogP contribution in [0.1, 0.15) is 0 Å². The standard InChI is InChI=1S/C23H27N5O5/c1-30-8-9-33-14-22(29)26-16-11-17(13-18(12-16)31-2)27-23-25-7-6-20(28-23)15-4-5-21(32-3)19(24)10-15/h4-7,10-13H,8-9,14,24H2,1-3H3,(H,26,29)(H,25,27,28). The van der Waals surface area contributed by atoms with E-state index in [0.29, 0.717) is 53.4 Å². The maximum absolute atomic E-state index is 12.1. The van der Waals surface area contributed by atoms with Crippen molar-refractivity contribution in [2.24, 2.45) is 0 Å². The number of nitrogens with two attached hydrogens (primary N) is 1. The summed E-state index contributed by atoms with van der Waals surface area (Å²) in [6, 6.07) is 12.5. The van der Waals surface area contributed by atoms with Gasteiger partial charge >= 0.3 is 0 Å². The third kappa shape index (κ3) is 6.79. The Hall–Kier alpha value is -3.89. The van der Waals surface area contributed by atoms with Gasteiger partial charge in [0.15, 0.2) is 0 Å². The molecule has 174 valence electrons. The Morgan fingerprint density at radius 2 is 1.82 bits per heavy atom. The number of benzene rings is 2. The van der Waals surface area contributed by atoms with E-state index in [4.69, 9.17) is 24.7 Å². The molecular weight excluding hydrogens is 426 g/mol. The molecule has 2 aromatic carbocycles. The highest BCUT2D eigenvalue weighted by Crippen LogP contribution is 2.29. The fraction of sp³-hybridized carbons (Fsp3) is 0.261. The number of methoxy groups -OCH3 is 3. The molecule has 0 radical (unpaired) electrons. The number of ether oxygens (including phenoxy) is 4. The molecule has 0 unspecified atom stereocenters. The lowest BCUT2D eigenvalue weighted by Crippen LogP contribution is -2.19. The Balaban J connectivity index is 1.75. The zero-order valence-corrected chi connectivity index (χ0v) is 18.8. The first kappa shape index (κ1) is 23.8. The number of hydrogen-bond donors (Lipinski definition) is 3. The van der Waals surface area contributed by atoms with Crippen LogP contribution in [0.5, 0.6) is 11.5 Å². The second kappa shape index (κ2) is 11.7. The van der Waals surface area contributed by atoms with E-state index in [0.717, 1.165) is 5.56 Å². The Morgan fingerprint density at radius 3 is 2.55 bits per heavy atom. The van der Waals surface area contributed by atoms with Crippen LogP contribution < -0.4 is 25.8 Å². The summed E-state index contributed by atoms with van der Waals surface area (Å²) in [5.74, 6) is 1.23. The Bertz CT molecular complexity index is 1090. The van der Waals surface area contributed by atoms with Gasteiger partial charge in [-0.05, 0) is 30.3 Å². The van der Waals surface area contributed by atoms with Gasteiger partial charge in [-0.15, -0.1) is 0 Å². The monoisotopic (exact) mass is 453 g/mol. The van der Waals surface area contributed by atoms with Crippen molar-refractivity contribution < 1.29 is 23.7 Å². The molecule has 3 aromatic rings. The van der Waals surface area contributed by atoms with Crippen LogP contribution in [0.25, 0.3) is 11.3 Å². The summed E-state index contributed by atoms with van der Waals surface area (Å²) in [6.07, 6.45) is 1.64. The molecule has 0 aliphatic heterocycles. The molecule has 0 spiro atoms. The highest BCUT2D eigenvalue weighted by atomic mass is 16.5. The summed E-state index contributed by atoms with van der Waals surface area (Å²) < 4.78 is 20.7. The van der Waals surface area contributed by atoms with E-state index in [1.54, 1.807) is 63.9 Å². The second-order valence-corrected chi connectivity index (χ2v) is 6.89. The molecular formula is C23H27N5O5. The molecule has 0 fully saturated rings. The van der Waals surface area contributed by atoms with E-state index in [1.807, 2.05) is 6.07 Å². The van der Waals surface area contributed by atoms with E-state index in [9.17, 15) is 4.79 Å².